The number of nitrogens with one attached hydrogen (secondary N) is 3. The summed E-state index contributed by atoms with van der Waals surface area (Å²) in [6, 6.07) is 7.38. The molecule has 41 heavy (non-hydrogen) atoms. The Morgan fingerprint density at radius 3 is 2.59 bits per heavy atom. The van der Waals surface area contributed by atoms with Gasteiger partial charge in [-0.15, -0.1) is 0 Å². The monoisotopic (exact) mass is 634 g/mol. The molecule has 2 aromatic rings. The zero-order valence-electron chi connectivity index (χ0n) is 23.7. The van der Waals surface area contributed by atoms with E-state index in [9.17, 15) is 14.7 Å². The van der Waals surface area contributed by atoms with Crippen molar-refractivity contribution in [3.63, 3.8) is 0 Å². The van der Waals surface area contributed by atoms with Crippen molar-refractivity contribution in [2.45, 2.75) is 46.1 Å². The molecule has 222 valence electrons. The molecule has 0 unspecified atom stereocenters. The van der Waals surface area contributed by atoms with Crippen LogP contribution >= 0.6 is 15.9 Å². The van der Waals surface area contributed by atoms with E-state index in [4.69, 9.17) is 23.7 Å². The van der Waals surface area contributed by atoms with E-state index in [0.717, 1.165) is 0 Å². The molecule has 2 atom stereocenters. The smallest absolute Gasteiger partial charge is 0.337 e. The van der Waals surface area contributed by atoms with E-state index in [2.05, 4.69) is 37.1 Å². The van der Waals surface area contributed by atoms with Gasteiger partial charge in [-0.2, -0.15) is 5.10 Å². The van der Waals surface area contributed by atoms with E-state index in [1.165, 1.54) is 13.3 Å². The summed E-state index contributed by atoms with van der Waals surface area (Å²) < 4.78 is 28.4. The number of methoxy groups -OCH3 is 2. The van der Waals surface area contributed by atoms with Gasteiger partial charge in [-0.05, 0) is 79.0 Å². The standard InChI is InChI=1S/C28H35BrN4O8/c1-7-39-21-12-18(25-24(27(35)38-6)16(4)31-28(36)32-25)8-9-20(21)40-14-23(34)33-30-13-17-10-19(29)26(41-15(2)3)22(11-17)37-5/h8-13,15,23,25,33-34H,7,14H2,1-6H3,(H2,31,32,36)/b30-13+/t23-,25-/m1/s1. The number of rotatable bonds is 13. The molecule has 0 saturated heterocycles. The van der Waals surface area contributed by atoms with Crippen molar-refractivity contribution in [1.82, 2.24) is 16.1 Å². The number of hydrogen-bond donors (Lipinski definition) is 4. The molecule has 4 N–H and O–H groups in total. The summed E-state index contributed by atoms with van der Waals surface area (Å²) in [6.45, 7) is 7.47. The first-order chi connectivity index (χ1) is 19.6. The normalized spacial score (nSPS) is 15.7. The highest BCUT2D eigenvalue weighted by Crippen LogP contribution is 2.37. The number of amides is 2. The van der Waals surface area contributed by atoms with Crippen molar-refractivity contribution in [3.05, 3.63) is 57.2 Å². The minimum Gasteiger partial charge on any atom is -0.493 e. The van der Waals surface area contributed by atoms with Crippen molar-refractivity contribution < 1.29 is 38.4 Å². The fourth-order valence-electron chi connectivity index (χ4n) is 3.98. The number of halogens is 1. The molecule has 13 heteroatoms. The first-order valence-corrected chi connectivity index (χ1v) is 13.6. The zero-order valence-corrected chi connectivity index (χ0v) is 25.3. The molecule has 2 amide bonds. The van der Waals surface area contributed by atoms with Gasteiger partial charge in [-0.25, -0.2) is 9.59 Å². The Kier molecular flexibility index (Phi) is 11.2. The molecule has 0 aliphatic carbocycles. The van der Waals surface area contributed by atoms with Crippen LogP contribution in [0.4, 0.5) is 4.79 Å². The second-order valence-electron chi connectivity index (χ2n) is 9.12. The number of aliphatic hydroxyl groups is 1. The molecule has 0 aromatic heterocycles. The van der Waals surface area contributed by atoms with Crippen LogP contribution in [0.1, 0.15) is 44.9 Å². The molecule has 1 heterocycles. The average Bonchev–Trinajstić information content (AvgIpc) is 2.92. The molecule has 0 fully saturated rings. The molecule has 0 spiro atoms. The number of esters is 1. The Bertz CT molecular complexity index is 1310. The van der Waals surface area contributed by atoms with Crippen LogP contribution in [0.15, 0.2) is 51.2 Å². The van der Waals surface area contributed by atoms with Gasteiger partial charge in [0.15, 0.2) is 29.2 Å². The predicted octanol–water partition coefficient (Wildman–Crippen LogP) is 3.77. The predicted molar refractivity (Wildman–Crippen MR) is 155 cm³/mol. The fourth-order valence-corrected chi connectivity index (χ4v) is 4.54. The second-order valence-corrected chi connectivity index (χ2v) is 9.97. The highest BCUT2D eigenvalue weighted by Gasteiger charge is 2.32. The van der Waals surface area contributed by atoms with Gasteiger partial charge in [0.25, 0.3) is 0 Å². The fraction of sp³-hybridized carbons (Fsp3) is 0.393. The average molecular weight is 636 g/mol. The van der Waals surface area contributed by atoms with Crippen molar-refractivity contribution in [1.29, 1.82) is 0 Å². The summed E-state index contributed by atoms with van der Waals surface area (Å²) in [5.74, 6) is 1.29. The highest BCUT2D eigenvalue weighted by molar-refractivity contribution is 9.10. The molecular weight excluding hydrogens is 600 g/mol. The third-order valence-electron chi connectivity index (χ3n) is 5.71. The second kappa shape index (κ2) is 14.6. The lowest BCUT2D eigenvalue weighted by Gasteiger charge is -2.28. The maximum absolute atomic E-state index is 12.4. The van der Waals surface area contributed by atoms with Gasteiger partial charge in [0.2, 0.25) is 0 Å². The molecule has 0 saturated carbocycles. The summed E-state index contributed by atoms with van der Waals surface area (Å²) in [5, 5.41) is 19.8. The Hall–Kier alpha value is -3.97. The lowest BCUT2D eigenvalue weighted by Crippen LogP contribution is -2.45. The Labute approximate surface area is 247 Å². The summed E-state index contributed by atoms with van der Waals surface area (Å²) in [7, 11) is 2.83. The first-order valence-electron chi connectivity index (χ1n) is 12.8. The maximum atomic E-state index is 12.4. The minimum atomic E-state index is -1.14. The Morgan fingerprint density at radius 1 is 1.17 bits per heavy atom. The third kappa shape index (κ3) is 8.27. The molecule has 0 radical (unpaired) electrons. The van der Waals surface area contributed by atoms with Crippen molar-refractivity contribution in [2.75, 3.05) is 27.4 Å². The largest absolute Gasteiger partial charge is 0.493 e. The number of nitrogens with zero attached hydrogens (tertiary/aromatic N) is 1. The molecule has 1 aliphatic rings. The topological polar surface area (TPSA) is 149 Å². The number of allylic oxidation sites excluding steroid dienone is 1. The van der Waals surface area contributed by atoms with Crippen molar-refractivity contribution in [2.24, 2.45) is 5.10 Å². The number of hydrazone groups is 1. The summed E-state index contributed by atoms with van der Waals surface area (Å²) in [5.41, 5.74) is 4.57. The number of ether oxygens (including phenoxy) is 5. The van der Waals surface area contributed by atoms with E-state index in [1.807, 2.05) is 26.8 Å². The van der Waals surface area contributed by atoms with Crippen LogP contribution in [0.25, 0.3) is 0 Å². The van der Waals surface area contributed by atoms with Crippen LogP contribution in [0.3, 0.4) is 0 Å². The summed E-state index contributed by atoms with van der Waals surface area (Å²) in [4.78, 5) is 24.5. The number of carbonyl (C=O) groups excluding carboxylic acids is 2. The molecule has 12 nitrogen and oxygen atoms in total. The van der Waals surface area contributed by atoms with E-state index in [1.54, 1.807) is 38.3 Å². The van der Waals surface area contributed by atoms with E-state index in [-0.39, 0.29) is 18.3 Å². The molecule has 0 bridgehead atoms. The summed E-state index contributed by atoms with van der Waals surface area (Å²) in [6.07, 6.45) is 0.354. The lowest BCUT2D eigenvalue weighted by atomic mass is 9.95. The van der Waals surface area contributed by atoms with Crippen LogP contribution in [-0.4, -0.2) is 63.1 Å². The molecule has 2 aromatic carbocycles. The Balaban J connectivity index is 1.69. The molecular formula is C28H35BrN4O8. The first kappa shape index (κ1) is 31.6. The number of carbonyl (C=O) groups is 2. The van der Waals surface area contributed by atoms with Gasteiger partial charge >= 0.3 is 12.0 Å². The number of aliphatic hydroxyl groups excluding tert-OH is 1. The quantitative estimate of drug-likeness (QED) is 0.112. The molecule has 1 aliphatic heterocycles. The van der Waals surface area contributed by atoms with Crippen molar-refractivity contribution in [3.8, 4) is 23.0 Å². The highest BCUT2D eigenvalue weighted by atomic mass is 79.9. The maximum Gasteiger partial charge on any atom is 0.337 e. The van der Waals surface area contributed by atoms with Gasteiger partial charge in [0.1, 0.15) is 6.61 Å². The van der Waals surface area contributed by atoms with Crippen LogP contribution in [0, 0.1) is 0 Å². The van der Waals surface area contributed by atoms with Crippen molar-refractivity contribution >= 4 is 34.1 Å². The van der Waals surface area contributed by atoms with Crippen LogP contribution < -0.4 is 35.0 Å². The van der Waals surface area contributed by atoms with E-state index in [0.29, 0.717) is 50.9 Å². The van der Waals surface area contributed by atoms with Gasteiger partial charge < -0.3 is 39.4 Å². The van der Waals surface area contributed by atoms with E-state index >= 15 is 0 Å². The molecule has 3 rings (SSSR count). The minimum absolute atomic E-state index is 0.0280. The number of hydrogen-bond acceptors (Lipinski definition) is 10. The number of benzene rings is 2. The zero-order chi connectivity index (χ0) is 30.1. The van der Waals surface area contributed by atoms with E-state index < -0.39 is 24.3 Å². The SMILES string of the molecule is CCOc1cc([C@H]2NC(=O)NC(C)=C2C(=O)OC)ccc1OC[C@@H](O)N/N=C/c1cc(Br)c(OC(C)C)c(OC)c1. The van der Waals surface area contributed by atoms with Crippen LogP contribution in [-0.2, 0) is 9.53 Å². The third-order valence-corrected chi connectivity index (χ3v) is 6.30. The van der Waals surface area contributed by atoms with Gasteiger partial charge in [0, 0.05) is 5.70 Å². The van der Waals surface area contributed by atoms with Gasteiger partial charge in [0.05, 0.1) is 49.2 Å². The summed E-state index contributed by atoms with van der Waals surface area (Å²) >= 11 is 3.49. The number of urea groups is 1. The Morgan fingerprint density at radius 2 is 1.93 bits per heavy atom. The lowest BCUT2D eigenvalue weighted by molar-refractivity contribution is -0.136. The van der Waals surface area contributed by atoms with Gasteiger partial charge in [-0.1, -0.05) is 6.07 Å². The van der Waals surface area contributed by atoms with Crippen LogP contribution in [0.2, 0.25) is 0 Å². The van der Waals surface area contributed by atoms with Crippen LogP contribution in [0.5, 0.6) is 23.0 Å². The van der Waals surface area contributed by atoms with Gasteiger partial charge in [-0.3, -0.25) is 5.43 Å².